The fraction of sp³-hybridized carbons (Fsp3) is 0.125. The summed E-state index contributed by atoms with van der Waals surface area (Å²) in [5, 5.41) is 5.11. The number of amides is 2. The summed E-state index contributed by atoms with van der Waals surface area (Å²) in [6.07, 6.45) is 0. The quantitative estimate of drug-likeness (QED) is 0.821. The fourth-order valence-electron chi connectivity index (χ4n) is 1.85. The second-order valence-electron chi connectivity index (χ2n) is 4.43. The van der Waals surface area contributed by atoms with Gasteiger partial charge in [-0.05, 0) is 34.1 Å². The maximum atomic E-state index is 11.9. The number of methoxy groups -OCH3 is 1. The Morgan fingerprint density at radius 1 is 1.05 bits per heavy atom. The lowest BCUT2D eigenvalue weighted by Crippen LogP contribution is -2.35. The van der Waals surface area contributed by atoms with E-state index >= 15 is 0 Å². The minimum Gasteiger partial charge on any atom is -0.496 e. The number of rotatable bonds is 4. The number of hydrogen-bond acceptors (Lipinski definition) is 3. The number of carbonyl (C=O) groups excluding carboxylic acids is 2. The van der Waals surface area contributed by atoms with Crippen LogP contribution in [0, 0.1) is 0 Å². The molecule has 0 unspecified atom stereocenters. The molecule has 2 amide bonds. The molecule has 0 atom stereocenters. The molecule has 114 valence electrons. The number of hydrogen-bond donors (Lipinski definition) is 2. The van der Waals surface area contributed by atoms with Crippen LogP contribution in [0.1, 0.15) is 5.56 Å². The van der Waals surface area contributed by atoms with Crippen molar-refractivity contribution in [1.82, 2.24) is 5.32 Å². The molecule has 0 spiro atoms. The van der Waals surface area contributed by atoms with E-state index in [-0.39, 0.29) is 6.54 Å². The van der Waals surface area contributed by atoms with Crippen LogP contribution in [0.4, 0.5) is 5.69 Å². The van der Waals surface area contributed by atoms with Gasteiger partial charge in [0.05, 0.1) is 12.8 Å². The van der Waals surface area contributed by atoms with Crippen molar-refractivity contribution in [1.29, 1.82) is 0 Å². The van der Waals surface area contributed by atoms with Gasteiger partial charge in [0.15, 0.2) is 0 Å². The van der Waals surface area contributed by atoms with Crippen LogP contribution in [0.2, 0.25) is 0 Å². The molecule has 0 aliphatic carbocycles. The van der Waals surface area contributed by atoms with Crippen LogP contribution < -0.4 is 15.4 Å². The van der Waals surface area contributed by atoms with Crippen molar-refractivity contribution in [3.63, 3.8) is 0 Å². The summed E-state index contributed by atoms with van der Waals surface area (Å²) in [5.74, 6) is -0.766. The summed E-state index contributed by atoms with van der Waals surface area (Å²) in [6.45, 7) is 0.215. The molecule has 0 bridgehead atoms. The molecule has 2 aromatic rings. The third kappa shape index (κ3) is 4.08. The molecular weight excluding hydrogens is 348 g/mol. The normalized spacial score (nSPS) is 9.91. The molecular formula is C16H15BrN2O3. The Morgan fingerprint density at radius 3 is 2.45 bits per heavy atom. The maximum absolute atomic E-state index is 11.9. The molecule has 0 heterocycles. The summed E-state index contributed by atoms with van der Waals surface area (Å²) in [5.41, 5.74) is 1.34. The highest BCUT2D eigenvalue weighted by atomic mass is 79.9. The predicted molar refractivity (Wildman–Crippen MR) is 87.6 cm³/mol. The van der Waals surface area contributed by atoms with Crippen LogP contribution in [0.25, 0.3) is 0 Å². The third-order valence-corrected chi connectivity index (χ3v) is 3.65. The van der Waals surface area contributed by atoms with E-state index < -0.39 is 11.8 Å². The van der Waals surface area contributed by atoms with E-state index in [0.717, 1.165) is 5.56 Å². The Morgan fingerprint density at radius 2 is 1.73 bits per heavy atom. The molecule has 0 saturated heterocycles. The zero-order valence-electron chi connectivity index (χ0n) is 11.9. The van der Waals surface area contributed by atoms with Gasteiger partial charge in [-0.1, -0.05) is 30.3 Å². The fourth-order valence-corrected chi connectivity index (χ4v) is 2.23. The molecule has 2 N–H and O–H groups in total. The van der Waals surface area contributed by atoms with Crippen molar-refractivity contribution >= 4 is 33.4 Å². The second-order valence-corrected chi connectivity index (χ2v) is 5.28. The van der Waals surface area contributed by atoms with Crippen molar-refractivity contribution in [2.75, 3.05) is 12.4 Å². The summed E-state index contributed by atoms with van der Waals surface area (Å²) in [6, 6.07) is 14.4. The van der Waals surface area contributed by atoms with E-state index in [1.807, 2.05) is 24.3 Å². The first-order chi connectivity index (χ1) is 10.6. The first kappa shape index (κ1) is 16.0. The first-order valence-electron chi connectivity index (χ1n) is 6.57. The maximum Gasteiger partial charge on any atom is 0.313 e. The summed E-state index contributed by atoms with van der Waals surface area (Å²) < 4.78 is 5.90. The lowest BCUT2D eigenvalue weighted by Gasteiger charge is -2.10. The molecule has 0 aliphatic heterocycles. The van der Waals surface area contributed by atoms with Gasteiger partial charge in [-0.15, -0.1) is 0 Å². The Balaban J connectivity index is 1.95. The minimum atomic E-state index is -0.721. The molecule has 0 fully saturated rings. The van der Waals surface area contributed by atoms with Crippen LogP contribution in [-0.2, 0) is 16.1 Å². The monoisotopic (exact) mass is 362 g/mol. The van der Waals surface area contributed by atoms with Crippen molar-refractivity contribution in [3.8, 4) is 5.75 Å². The summed E-state index contributed by atoms with van der Waals surface area (Å²) in [7, 11) is 1.56. The van der Waals surface area contributed by atoms with E-state index in [2.05, 4.69) is 26.6 Å². The van der Waals surface area contributed by atoms with Gasteiger partial charge in [0, 0.05) is 16.6 Å². The molecule has 22 heavy (non-hydrogen) atoms. The standard InChI is InChI=1S/C16H15BrN2O3/c1-22-14-9-5-2-6-11(14)10-18-15(20)16(21)19-13-8-4-3-7-12(13)17/h2-9H,10H2,1H3,(H,18,20)(H,19,21). The van der Waals surface area contributed by atoms with Crippen molar-refractivity contribution in [2.45, 2.75) is 6.54 Å². The van der Waals surface area contributed by atoms with Crippen LogP contribution >= 0.6 is 15.9 Å². The number of anilines is 1. The highest BCUT2D eigenvalue weighted by Gasteiger charge is 2.15. The van der Waals surface area contributed by atoms with E-state index in [1.165, 1.54) is 0 Å². The number of nitrogens with one attached hydrogen (secondary N) is 2. The van der Waals surface area contributed by atoms with E-state index in [4.69, 9.17) is 4.74 Å². The third-order valence-electron chi connectivity index (χ3n) is 2.96. The molecule has 2 aromatic carbocycles. The Kier molecular flexibility index (Phi) is 5.55. The van der Waals surface area contributed by atoms with Crippen molar-refractivity contribution in [3.05, 3.63) is 58.6 Å². The van der Waals surface area contributed by atoms with Crippen LogP contribution in [-0.4, -0.2) is 18.9 Å². The minimum absolute atomic E-state index is 0.215. The predicted octanol–water partition coefficient (Wildman–Crippen LogP) is 2.71. The number of benzene rings is 2. The lowest BCUT2D eigenvalue weighted by molar-refractivity contribution is -0.136. The number of halogens is 1. The Bertz CT molecular complexity index is 689. The van der Waals surface area contributed by atoms with Crippen molar-refractivity contribution in [2.24, 2.45) is 0 Å². The molecule has 0 aromatic heterocycles. The van der Waals surface area contributed by atoms with Crippen molar-refractivity contribution < 1.29 is 14.3 Å². The van der Waals surface area contributed by atoms with Gasteiger partial charge in [-0.25, -0.2) is 0 Å². The van der Waals surface area contributed by atoms with Gasteiger partial charge in [0.25, 0.3) is 0 Å². The number of para-hydroxylation sites is 2. The molecule has 0 saturated carbocycles. The number of carbonyl (C=O) groups is 2. The van der Waals surface area contributed by atoms with Gasteiger partial charge in [-0.3, -0.25) is 9.59 Å². The van der Waals surface area contributed by atoms with Gasteiger partial charge in [0.2, 0.25) is 0 Å². The van der Waals surface area contributed by atoms with E-state index in [9.17, 15) is 9.59 Å². The largest absolute Gasteiger partial charge is 0.496 e. The van der Waals surface area contributed by atoms with Gasteiger partial charge >= 0.3 is 11.8 Å². The lowest BCUT2D eigenvalue weighted by atomic mass is 10.2. The average Bonchev–Trinajstić information content (AvgIpc) is 2.54. The highest BCUT2D eigenvalue weighted by molar-refractivity contribution is 9.10. The van der Waals surface area contributed by atoms with Gasteiger partial charge in [-0.2, -0.15) is 0 Å². The molecule has 5 nitrogen and oxygen atoms in total. The van der Waals surface area contributed by atoms with Crippen LogP contribution in [0.5, 0.6) is 5.75 Å². The molecule has 0 radical (unpaired) electrons. The van der Waals surface area contributed by atoms with Gasteiger partial charge < -0.3 is 15.4 Å². The summed E-state index contributed by atoms with van der Waals surface area (Å²) in [4.78, 5) is 23.7. The highest BCUT2D eigenvalue weighted by Crippen LogP contribution is 2.21. The zero-order valence-corrected chi connectivity index (χ0v) is 13.5. The average molecular weight is 363 g/mol. The van der Waals surface area contributed by atoms with Crippen LogP contribution in [0.15, 0.2) is 53.0 Å². The molecule has 6 heteroatoms. The Hall–Kier alpha value is -2.34. The smallest absolute Gasteiger partial charge is 0.313 e. The Labute approximate surface area is 136 Å². The summed E-state index contributed by atoms with van der Waals surface area (Å²) >= 11 is 3.31. The first-order valence-corrected chi connectivity index (χ1v) is 7.36. The molecule has 0 aliphatic rings. The zero-order chi connectivity index (χ0) is 15.9. The topological polar surface area (TPSA) is 67.4 Å². The van der Waals surface area contributed by atoms with Gasteiger partial charge in [0.1, 0.15) is 5.75 Å². The SMILES string of the molecule is COc1ccccc1CNC(=O)C(=O)Nc1ccccc1Br. The van der Waals surface area contributed by atoms with E-state index in [1.54, 1.807) is 31.4 Å². The van der Waals surface area contributed by atoms with Crippen LogP contribution in [0.3, 0.4) is 0 Å². The second kappa shape index (κ2) is 7.61. The van der Waals surface area contributed by atoms with E-state index in [0.29, 0.717) is 15.9 Å². The molecule has 2 rings (SSSR count). The number of ether oxygens (including phenoxy) is 1.